The zero-order valence-corrected chi connectivity index (χ0v) is 11.1. The van der Waals surface area contributed by atoms with Gasteiger partial charge >= 0.3 is 0 Å². The highest BCUT2D eigenvalue weighted by Gasteiger charge is 2.24. The van der Waals surface area contributed by atoms with Crippen LogP contribution in [0.2, 0.25) is 0 Å². The molecule has 1 aliphatic carbocycles. The van der Waals surface area contributed by atoms with Crippen molar-refractivity contribution in [3.63, 3.8) is 0 Å². The van der Waals surface area contributed by atoms with Crippen LogP contribution in [-0.4, -0.2) is 9.55 Å². The molecule has 2 atom stereocenters. The maximum atomic E-state index is 9.15. The third kappa shape index (κ3) is 1.95. The van der Waals surface area contributed by atoms with Crippen molar-refractivity contribution in [2.75, 3.05) is 5.73 Å². The third-order valence-corrected chi connectivity index (χ3v) is 4.14. The first-order valence-electron chi connectivity index (χ1n) is 6.87. The van der Waals surface area contributed by atoms with Gasteiger partial charge in [-0.2, -0.15) is 5.26 Å². The fraction of sp³-hybridized carbons (Fsp3) is 0.467. The van der Waals surface area contributed by atoms with Gasteiger partial charge in [0.05, 0.1) is 11.1 Å². The molecule has 3 rings (SSSR count). The van der Waals surface area contributed by atoms with Gasteiger partial charge in [0, 0.05) is 6.04 Å². The Morgan fingerprint density at radius 2 is 2.26 bits per heavy atom. The number of nitrogen functional groups attached to an aromatic ring is 1. The van der Waals surface area contributed by atoms with E-state index in [2.05, 4.69) is 22.5 Å². The molecule has 0 spiro atoms. The summed E-state index contributed by atoms with van der Waals surface area (Å²) in [7, 11) is 0. The van der Waals surface area contributed by atoms with E-state index in [4.69, 9.17) is 11.0 Å². The second kappa shape index (κ2) is 4.58. The lowest BCUT2D eigenvalue weighted by Crippen LogP contribution is -2.19. The van der Waals surface area contributed by atoms with Crippen LogP contribution in [0.15, 0.2) is 18.2 Å². The molecule has 1 aromatic carbocycles. The number of imidazole rings is 1. The summed E-state index contributed by atoms with van der Waals surface area (Å²) in [6, 6.07) is 8.32. The molecule has 1 aromatic heterocycles. The minimum atomic E-state index is 0.419. The van der Waals surface area contributed by atoms with Gasteiger partial charge < -0.3 is 10.3 Å². The van der Waals surface area contributed by atoms with Gasteiger partial charge in [-0.15, -0.1) is 0 Å². The largest absolute Gasteiger partial charge is 0.369 e. The first-order valence-corrected chi connectivity index (χ1v) is 6.87. The average molecular weight is 254 g/mol. The monoisotopic (exact) mass is 254 g/mol. The van der Waals surface area contributed by atoms with Crippen molar-refractivity contribution in [2.45, 2.75) is 38.6 Å². The lowest BCUT2D eigenvalue weighted by molar-refractivity contribution is 0.289. The number of nitriles is 1. The summed E-state index contributed by atoms with van der Waals surface area (Å²) in [6.45, 7) is 2.29. The van der Waals surface area contributed by atoms with Crippen LogP contribution in [0, 0.1) is 17.2 Å². The number of nitrogens with two attached hydrogens (primary N) is 1. The number of nitrogens with zero attached hydrogens (tertiary/aromatic N) is 3. The second-order valence-electron chi connectivity index (χ2n) is 5.55. The molecule has 2 unspecified atom stereocenters. The standard InChI is InChI=1S/C15H18N4/c1-10-4-2-6-12(8-10)19-13-7-3-5-11(9-16)14(13)18-15(19)17/h3,5,7,10,12H,2,4,6,8H2,1H3,(H2,17,18). The van der Waals surface area contributed by atoms with Gasteiger partial charge in [-0.3, -0.25) is 0 Å². The zero-order chi connectivity index (χ0) is 13.4. The van der Waals surface area contributed by atoms with Crippen molar-refractivity contribution in [3.8, 4) is 6.07 Å². The predicted octanol–water partition coefficient (Wildman–Crippen LogP) is 3.24. The minimum Gasteiger partial charge on any atom is -0.369 e. The van der Waals surface area contributed by atoms with Crippen molar-refractivity contribution < 1.29 is 0 Å². The van der Waals surface area contributed by atoms with Crippen LogP contribution in [0.25, 0.3) is 11.0 Å². The Morgan fingerprint density at radius 3 is 3.00 bits per heavy atom. The number of anilines is 1. The van der Waals surface area contributed by atoms with Crippen LogP contribution in [-0.2, 0) is 0 Å². The molecular formula is C15H18N4. The van der Waals surface area contributed by atoms with E-state index in [9.17, 15) is 0 Å². The Balaban J connectivity index is 2.13. The van der Waals surface area contributed by atoms with Crippen molar-refractivity contribution in [1.82, 2.24) is 9.55 Å². The third-order valence-electron chi connectivity index (χ3n) is 4.14. The van der Waals surface area contributed by atoms with Crippen LogP contribution in [0.1, 0.15) is 44.2 Å². The molecule has 2 N–H and O–H groups in total. The van der Waals surface area contributed by atoms with E-state index in [0.29, 0.717) is 17.6 Å². The van der Waals surface area contributed by atoms with Crippen LogP contribution in [0.4, 0.5) is 5.95 Å². The molecule has 0 radical (unpaired) electrons. The summed E-state index contributed by atoms with van der Waals surface area (Å²) in [5.74, 6) is 1.27. The molecule has 1 aliphatic rings. The molecule has 2 aromatic rings. The number of benzene rings is 1. The highest BCUT2D eigenvalue weighted by atomic mass is 15.2. The zero-order valence-electron chi connectivity index (χ0n) is 11.1. The number of para-hydroxylation sites is 1. The first kappa shape index (κ1) is 12.0. The van der Waals surface area contributed by atoms with E-state index in [1.807, 2.05) is 12.1 Å². The molecule has 0 saturated heterocycles. The van der Waals surface area contributed by atoms with Crippen LogP contribution < -0.4 is 5.73 Å². The molecule has 98 valence electrons. The Morgan fingerprint density at radius 1 is 1.42 bits per heavy atom. The highest BCUT2D eigenvalue weighted by Crippen LogP contribution is 2.36. The topological polar surface area (TPSA) is 67.6 Å². The van der Waals surface area contributed by atoms with E-state index < -0.39 is 0 Å². The Kier molecular flexibility index (Phi) is 2.90. The van der Waals surface area contributed by atoms with Gasteiger partial charge in [0.2, 0.25) is 5.95 Å². The lowest BCUT2D eigenvalue weighted by Gasteiger charge is -2.28. The van der Waals surface area contributed by atoms with Crippen molar-refractivity contribution in [3.05, 3.63) is 23.8 Å². The highest BCUT2D eigenvalue weighted by molar-refractivity contribution is 5.84. The van der Waals surface area contributed by atoms with Gasteiger partial charge in [0.1, 0.15) is 11.6 Å². The van der Waals surface area contributed by atoms with E-state index in [-0.39, 0.29) is 0 Å². The van der Waals surface area contributed by atoms with E-state index in [1.54, 1.807) is 6.07 Å². The normalized spacial score (nSPS) is 23.4. The average Bonchev–Trinajstić information content (AvgIpc) is 2.74. The molecule has 4 nitrogen and oxygen atoms in total. The molecule has 4 heteroatoms. The number of fused-ring (bicyclic) bond motifs is 1. The molecular weight excluding hydrogens is 236 g/mol. The maximum absolute atomic E-state index is 9.15. The summed E-state index contributed by atoms with van der Waals surface area (Å²) in [4.78, 5) is 4.40. The van der Waals surface area contributed by atoms with Gasteiger partial charge in [0.15, 0.2) is 0 Å². The Labute approximate surface area is 112 Å². The lowest BCUT2D eigenvalue weighted by atomic mass is 9.87. The van der Waals surface area contributed by atoms with Crippen molar-refractivity contribution in [1.29, 1.82) is 5.26 Å². The molecule has 1 saturated carbocycles. The quantitative estimate of drug-likeness (QED) is 0.849. The summed E-state index contributed by atoms with van der Waals surface area (Å²) in [6.07, 6.45) is 4.83. The van der Waals surface area contributed by atoms with Crippen molar-refractivity contribution >= 4 is 17.0 Å². The van der Waals surface area contributed by atoms with Crippen LogP contribution >= 0.6 is 0 Å². The number of rotatable bonds is 1. The van der Waals surface area contributed by atoms with E-state index in [1.165, 1.54) is 12.8 Å². The minimum absolute atomic E-state index is 0.419. The van der Waals surface area contributed by atoms with Gasteiger partial charge in [0.25, 0.3) is 0 Å². The SMILES string of the molecule is CC1CCCC(n2c(N)nc3c(C#N)cccc32)C1. The first-order chi connectivity index (χ1) is 9.20. The number of hydrogen-bond donors (Lipinski definition) is 1. The maximum Gasteiger partial charge on any atom is 0.201 e. The van der Waals surface area contributed by atoms with Crippen molar-refractivity contribution in [2.24, 2.45) is 5.92 Å². The Hall–Kier alpha value is -2.02. The molecule has 0 aliphatic heterocycles. The Bertz CT molecular complexity index is 650. The van der Waals surface area contributed by atoms with E-state index in [0.717, 1.165) is 29.8 Å². The molecule has 1 fully saturated rings. The fourth-order valence-corrected chi connectivity index (χ4v) is 3.25. The second-order valence-corrected chi connectivity index (χ2v) is 5.55. The van der Waals surface area contributed by atoms with Gasteiger partial charge in [-0.1, -0.05) is 25.8 Å². The van der Waals surface area contributed by atoms with Crippen LogP contribution in [0.3, 0.4) is 0 Å². The summed E-state index contributed by atoms with van der Waals surface area (Å²) < 4.78 is 2.13. The summed E-state index contributed by atoms with van der Waals surface area (Å²) >= 11 is 0. The molecule has 1 heterocycles. The molecule has 0 amide bonds. The summed E-state index contributed by atoms with van der Waals surface area (Å²) in [5.41, 5.74) is 8.43. The fourth-order valence-electron chi connectivity index (χ4n) is 3.25. The molecule has 0 bridgehead atoms. The number of aromatic nitrogens is 2. The van der Waals surface area contributed by atoms with E-state index >= 15 is 0 Å². The predicted molar refractivity (Wildman–Crippen MR) is 75.5 cm³/mol. The smallest absolute Gasteiger partial charge is 0.201 e. The van der Waals surface area contributed by atoms with Crippen LogP contribution in [0.5, 0.6) is 0 Å². The van der Waals surface area contributed by atoms with Gasteiger partial charge in [-0.25, -0.2) is 4.98 Å². The molecule has 19 heavy (non-hydrogen) atoms. The van der Waals surface area contributed by atoms with Gasteiger partial charge in [-0.05, 0) is 30.9 Å². The number of hydrogen-bond acceptors (Lipinski definition) is 3. The summed E-state index contributed by atoms with van der Waals surface area (Å²) in [5, 5.41) is 9.15.